The Morgan fingerprint density at radius 2 is 1.88 bits per heavy atom. The average molecular weight is 435 g/mol. The van der Waals surface area contributed by atoms with Gasteiger partial charge in [0.15, 0.2) is 5.70 Å². The Balaban J connectivity index is 3.05. The van der Waals surface area contributed by atoms with Crippen LogP contribution in [-0.2, 0) is 4.79 Å². The van der Waals surface area contributed by atoms with E-state index in [1.165, 1.54) is 5.57 Å². The van der Waals surface area contributed by atoms with Crippen molar-refractivity contribution in [2.75, 3.05) is 7.05 Å². The summed E-state index contributed by atoms with van der Waals surface area (Å²) in [6.07, 6.45) is 7.27. The lowest BCUT2D eigenvalue weighted by molar-refractivity contribution is -0.113. The number of aromatic amines is 1. The van der Waals surface area contributed by atoms with Gasteiger partial charge in [-0.3, -0.25) is 9.79 Å². The molecule has 0 aliphatic carbocycles. The van der Waals surface area contributed by atoms with Crippen LogP contribution in [0.4, 0.5) is 0 Å². The molecule has 6 heteroatoms. The predicted molar refractivity (Wildman–Crippen MR) is 136 cm³/mol. The van der Waals surface area contributed by atoms with Gasteiger partial charge in [0.2, 0.25) is 0 Å². The third-order valence-electron chi connectivity index (χ3n) is 5.63. The smallest absolute Gasteiger partial charge is 0.269 e. The number of hydrogen-bond acceptors (Lipinski definition) is 4. The van der Waals surface area contributed by atoms with Crippen LogP contribution in [0.25, 0.3) is 22.2 Å². The maximum Gasteiger partial charge on any atom is 0.269 e. The fourth-order valence-electron chi connectivity index (χ4n) is 3.50. The van der Waals surface area contributed by atoms with E-state index in [0.29, 0.717) is 16.6 Å². The van der Waals surface area contributed by atoms with E-state index in [2.05, 4.69) is 28.8 Å². The summed E-state index contributed by atoms with van der Waals surface area (Å²) in [4.78, 5) is 24.5. The Kier molecular flexibility index (Phi) is 8.35. The van der Waals surface area contributed by atoms with E-state index in [4.69, 9.17) is 5.73 Å². The van der Waals surface area contributed by atoms with Gasteiger partial charge >= 0.3 is 0 Å². The van der Waals surface area contributed by atoms with Gasteiger partial charge in [-0.1, -0.05) is 37.1 Å². The normalized spacial score (nSPS) is 15.5. The van der Waals surface area contributed by atoms with Crippen molar-refractivity contribution in [3.8, 4) is 5.75 Å². The summed E-state index contributed by atoms with van der Waals surface area (Å²) in [5.41, 5.74) is 11.3. The van der Waals surface area contributed by atoms with Gasteiger partial charge in [0.05, 0.1) is 10.9 Å². The van der Waals surface area contributed by atoms with Crippen LogP contribution in [0, 0.1) is 6.92 Å². The molecule has 4 N–H and O–H groups in total. The zero-order chi connectivity index (χ0) is 24.0. The molecule has 0 aliphatic rings. The summed E-state index contributed by atoms with van der Waals surface area (Å²) in [6.45, 7) is 12.0. The Bertz CT molecular complexity index is 1270. The number of aromatic hydroxyl groups is 1. The van der Waals surface area contributed by atoms with Crippen molar-refractivity contribution in [2.24, 2.45) is 15.7 Å². The molecule has 1 aromatic carbocycles. The van der Waals surface area contributed by atoms with E-state index < -0.39 is 5.91 Å². The molecular formula is C26H34N4O2. The molecule has 32 heavy (non-hydrogen) atoms. The van der Waals surface area contributed by atoms with Crippen LogP contribution >= 0.6 is 0 Å². The molecule has 0 unspecified atom stereocenters. The summed E-state index contributed by atoms with van der Waals surface area (Å²) in [5, 5.41) is 12.7. The number of allylic oxidation sites excluding steroid dienone is 4. The Morgan fingerprint density at radius 3 is 2.44 bits per heavy atom. The van der Waals surface area contributed by atoms with E-state index in [0.717, 1.165) is 40.2 Å². The summed E-state index contributed by atoms with van der Waals surface area (Å²) < 4.78 is 0. The van der Waals surface area contributed by atoms with Gasteiger partial charge in [0.1, 0.15) is 5.75 Å². The average Bonchev–Trinajstić information content (AvgIpc) is 3.17. The summed E-state index contributed by atoms with van der Waals surface area (Å²) in [5.74, 6) is -0.523. The minimum Gasteiger partial charge on any atom is -0.506 e. The molecule has 0 spiro atoms. The zero-order valence-corrected chi connectivity index (χ0v) is 20.1. The molecule has 0 radical (unpaired) electrons. The Morgan fingerprint density at radius 1 is 1.19 bits per heavy atom. The zero-order valence-electron chi connectivity index (χ0n) is 20.1. The van der Waals surface area contributed by atoms with Crippen LogP contribution < -0.4 is 16.3 Å². The largest absolute Gasteiger partial charge is 0.506 e. The maximum absolute atomic E-state index is 12.6. The second kappa shape index (κ2) is 10.8. The second-order valence-electron chi connectivity index (χ2n) is 7.94. The van der Waals surface area contributed by atoms with Crippen molar-refractivity contribution in [3.63, 3.8) is 0 Å². The van der Waals surface area contributed by atoms with Gasteiger partial charge in [0, 0.05) is 29.6 Å². The third-order valence-corrected chi connectivity index (χ3v) is 5.63. The number of benzene rings is 1. The number of phenolic OH excluding ortho intramolecular Hbond substituents is 1. The fraction of sp³-hybridized carbons (Fsp3) is 0.346. The van der Waals surface area contributed by atoms with E-state index in [1.54, 1.807) is 19.3 Å². The standard InChI is InChI=1S/C26H34N4O2/c1-8-15(3)14-19(12-13-28-7)18(6)29-25(26(27)32)24-21(16(4)9-2)22-17(5)10-11-20(31)23(22)30-24/h10-14,30-31H,8-9H2,1-7H3,(H2,27,32)/b15-14+,19-12+,21-16+,25-24+,28-13?,29-18+. The predicted octanol–water partition coefficient (Wildman–Crippen LogP) is 3.80. The van der Waals surface area contributed by atoms with Crippen molar-refractivity contribution in [2.45, 2.75) is 54.4 Å². The molecule has 1 amide bonds. The van der Waals surface area contributed by atoms with Crippen molar-refractivity contribution < 1.29 is 9.90 Å². The molecule has 0 fully saturated rings. The highest BCUT2D eigenvalue weighted by atomic mass is 16.3. The van der Waals surface area contributed by atoms with Gasteiger partial charge in [-0.15, -0.1) is 0 Å². The van der Waals surface area contributed by atoms with Gasteiger partial charge in [0.25, 0.3) is 5.91 Å². The molecule has 0 aliphatic heterocycles. The van der Waals surface area contributed by atoms with E-state index >= 15 is 0 Å². The highest BCUT2D eigenvalue weighted by Gasteiger charge is 2.15. The first-order valence-corrected chi connectivity index (χ1v) is 10.9. The van der Waals surface area contributed by atoms with Crippen molar-refractivity contribution >= 4 is 40.0 Å². The van der Waals surface area contributed by atoms with Crippen LogP contribution in [0.1, 0.15) is 53.0 Å². The molecule has 170 valence electrons. The summed E-state index contributed by atoms with van der Waals surface area (Å²) in [7, 11) is 1.70. The van der Waals surface area contributed by atoms with Gasteiger partial charge in [-0.25, -0.2) is 4.99 Å². The molecule has 0 atom stereocenters. The number of fused-ring (bicyclic) bond motifs is 1. The highest BCUT2D eigenvalue weighted by Crippen LogP contribution is 2.23. The molecule has 0 bridgehead atoms. The van der Waals surface area contributed by atoms with Crippen LogP contribution in [0.2, 0.25) is 0 Å². The number of primary amides is 1. The molecule has 1 heterocycles. The number of carbonyl (C=O) groups is 1. The number of nitrogens with zero attached hydrogens (tertiary/aromatic N) is 2. The number of phenols is 1. The molecule has 1 aromatic heterocycles. The number of nitrogens with one attached hydrogen (secondary N) is 1. The summed E-state index contributed by atoms with van der Waals surface area (Å²) in [6, 6.07) is 3.51. The monoisotopic (exact) mass is 434 g/mol. The molecular weight excluding hydrogens is 400 g/mol. The number of nitrogens with two attached hydrogens (primary N) is 1. The topological polar surface area (TPSA) is 104 Å². The third kappa shape index (κ3) is 5.25. The van der Waals surface area contributed by atoms with E-state index in [-0.39, 0.29) is 11.4 Å². The number of amides is 1. The molecule has 0 saturated carbocycles. The van der Waals surface area contributed by atoms with Gasteiger partial charge < -0.3 is 15.8 Å². The second-order valence-corrected chi connectivity index (χ2v) is 7.94. The minimum atomic E-state index is -0.641. The molecule has 6 nitrogen and oxygen atoms in total. The number of aryl methyl sites for hydroxylation is 1. The van der Waals surface area contributed by atoms with Crippen LogP contribution in [0.3, 0.4) is 0 Å². The lowest BCUT2D eigenvalue weighted by atomic mass is 10.0. The number of carbonyl (C=O) groups excluding carboxylic acids is 1. The first-order chi connectivity index (χ1) is 15.2. The SMILES string of the molecule is CC/C(C)=C/C(=C\C=NC)C(/C)=N/C(C(N)=O)=c1/[nH]c2c(O)ccc(C)c2/c1=C(/C)CC. The first-order valence-electron chi connectivity index (χ1n) is 10.9. The van der Waals surface area contributed by atoms with Crippen molar-refractivity contribution in [1.29, 1.82) is 0 Å². The van der Waals surface area contributed by atoms with Gasteiger partial charge in [-0.05, 0) is 63.8 Å². The highest BCUT2D eigenvalue weighted by molar-refractivity contribution is 6.17. The number of rotatable bonds is 7. The van der Waals surface area contributed by atoms with Crippen LogP contribution in [0.5, 0.6) is 5.75 Å². The minimum absolute atomic E-state index is 0.118. The molecule has 2 aromatic rings. The lowest BCUT2D eigenvalue weighted by Crippen LogP contribution is -2.32. The van der Waals surface area contributed by atoms with E-state index in [1.807, 2.05) is 45.9 Å². The first kappa shape index (κ1) is 24.9. The maximum atomic E-state index is 12.6. The van der Waals surface area contributed by atoms with Crippen molar-refractivity contribution in [3.05, 3.63) is 51.6 Å². The fourth-order valence-corrected chi connectivity index (χ4v) is 3.50. The van der Waals surface area contributed by atoms with Crippen LogP contribution in [0.15, 0.2) is 45.4 Å². The van der Waals surface area contributed by atoms with Crippen molar-refractivity contribution in [1.82, 2.24) is 4.98 Å². The molecule has 2 rings (SSSR count). The summed E-state index contributed by atoms with van der Waals surface area (Å²) >= 11 is 0. The molecule has 0 saturated heterocycles. The van der Waals surface area contributed by atoms with Gasteiger partial charge in [-0.2, -0.15) is 0 Å². The van der Waals surface area contributed by atoms with Crippen LogP contribution in [-0.4, -0.2) is 35.0 Å². The number of hydrogen-bond donors (Lipinski definition) is 3. The Hall–Kier alpha value is -3.41. The van der Waals surface area contributed by atoms with E-state index in [9.17, 15) is 9.90 Å². The quantitative estimate of drug-likeness (QED) is 0.456. The number of H-pyrrole nitrogens is 1. The number of aromatic nitrogens is 1. The Labute approximate surface area is 189 Å². The lowest BCUT2D eigenvalue weighted by Gasteiger charge is -2.05. The number of aliphatic imine (C=N–C) groups is 2.